The van der Waals surface area contributed by atoms with Gasteiger partial charge < -0.3 is 14.2 Å². The van der Waals surface area contributed by atoms with Gasteiger partial charge in [-0.05, 0) is 71.5 Å². The third kappa shape index (κ3) is 5.69. The lowest BCUT2D eigenvalue weighted by Gasteiger charge is -2.15. The molecule has 2 aromatic carbocycles. The van der Waals surface area contributed by atoms with Gasteiger partial charge in [0, 0.05) is 0 Å². The zero-order valence-corrected chi connectivity index (χ0v) is 22.1. The average Bonchev–Trinajstić information content (AvgIpc) is 3.02. The standard InChI is InChI=1S/C21H16Cl2INO5S2/c1-3-29-18(26)10-30-19-15(24)6-11(7-16(19)28-2)8-17-20(27)25(21(31)32-17)12-4-5-13(22)14(23)9-12/h4-9H,3,10H2,1-2H3/b17-8-. The maximum Gasteiger partial charge on any atom is 0.344 e. The molecule has 1 heterocycles. The molecule has 0 unspecified atom stereocenters. The monoisotopic (exact) mass is 623 g/mol. The van der Waals surface area contributed by atoms with Crippen molar-refractivity contribution in [2.24, 2.45) is 0 Å². The van der Waals surface area contributed by atoms with Crippen LogP contribution in [0.3, 0.4) is 0 Å². The first kappa shape index (κ1) is 25.1. The zero-order chi connectivity index (χ0) is 23.4. The number of esters is 1. The molecule has 0 saturated carbocycles. The molecule has 0 spiro atoms. The number of hydrogen-bond donors (Lipinski definition) is 0. The van der Waals surface area contributed by atoms with Gasteiger partial charge in [-0.25, -0.2) is 4.79 Å². The van der Waals surface area contributed by atoms with Crippen molar-refractivity contribution >= 4 is 97.7 Å². The summed E-state index contributed by atoms with van der Waals surface area (Å²) in [5, 5.41) is 0.725. The number of methoxy groups -OCH3 is 1. The van der Waals surface area contributed by atoms with E-state index < -0.39 is 5.97 Å². The van der Waals surface area contributed by atoms with E-state index in [1.165, 1.54) is 23.8 Å². The highest BCUT2D eigenvalue weighted by Crippen LogP contribution is 2.40. The Balaban J connectivity index is 1.87. The van der Waals surface area contributed by atoms with Crippen LogP contribution in [-0.4, -0.2) is 36.5 Å². The molecule has 2 aromatic rings. The van der Waals surface area contributed by atoms with Crippen LogP contribution in [0.5, 0.6) is 11.5 Å². The molecule has 1 aliphatic rings. The van der Waals surface area contributed by atoms with Crippen molar-refractivity contribution in [3.63, 3.8) is 0 Å². The van der Waals surface area contributed by atoms with E-state index in [9.17, 15) is 9.59 Å². The van der Waals surface area contributed by atoms with Crippen LogP contribution in [-0.2, 0) is 14.3 Å². The minimum absolute atomic E-state index is 0.234. The zero-order valence-electron chi connectivity index (χ0n) is 16.8. The van der Waals surface area contributed by atoms with Crippen molar-refractivity contribution in [3.05, 3.63) is 54.4 Å². The van der Waals surface area contributed by atoms with Crippen molar-refractivity contribution in [2.75, 3.05) is 25.2 Å². The third-order valence-corrected chi connectivity index (χ3v) is 6.99. The summed E-state index contributed by atoms with van der Waals surface area (Å²) < 4.78 is 17.0. The Morgan fingerprint density at radius 3 is 2.66 bits per heavy atom. The molecule has 0 aliphatic carbocycles. The van der Waals surface area contributed by atoms with Gasteiger partial charge in [-0.15, -0.1) is 0 Å². The largest absolute Gasteiger partial charge is 0.493 e. The summed E-state index contributed by atoms with van der Waals surface area (Å²) in [6.07, 6.45) is 1.72. The summed E-state index contributed by atoms with van der Waals surface area (Å²) in [6.45, 7) is 1.76. The number of hydrogen-bond acceptors (Lipinski definition) is 7. The lowest BCUT2D eigenvalue weighted by Crippen LogP contribution is -2.27. The van der Waals surface area contributed by atoms with Gasteiger partial charge >= 0.3 is 5.97 Å². The van der Waals surface area contributed by atoms with Crippen LogP contribution >= 0.6 is 69.8 Å². The second-order valence-corrected chi connectivity index (χ2v) is 9.90. The molecular formula is C21H16Cl2INO5S2. The summed E-state index contributed by atoms with van der Waals surface area (Å²) in [6, 6.07) is 8.43. The molecule has 1 aliphatic heterocycles. The lowest BCUT2D eigenvalue weighted by molar-refractivity contribution is -0.145. The molecule has 0 radical (unpaired) electrons. The van der Waals surface area contributed by atoms with E-state index in [1.54, 1.807) is 37.3 Å². The molecule has 0 aromatic heterocycles. The first-order valence-electron chi connectivity index (χ1n) is 9.14. The van der Waals surface area contributed by atoms with Gasteiger partial charge in [0.2, 0.25) is 0 Å². The summed E-state index contributed by atoms with van der Waals surface area (Å²) in [5.74, 6) is 0.101. The van der Waals surface area contributed by atoms with E-state index in [1.807, 2.05) is 6.07 Å². The highest BCUT2D eigenvalue weighted by atomic mass is 127. The molecule has 0 atom stereocenters. The minimum atomic E-state index is -0.472. The lowest BCUT2D eigenvalue weighted by atomic mass is 10.1. The number of benzene rings is 2. The van der Waals surface area contributed by atoms with Gasteiger partial charge in [-0.3, -0.25) is 9.69 Å². The van der Waals surface area contributed by atoms with Crippen molar-refractivity contribution in [2.45, 2.75) is 6.92 Å². The molecule has 0 N–H and O–H groups in total. The first-order chi connectivity index (χ1) is 15.2. The van der Waals surface area contributed by atoms with Crippen molar-refractivity contribution in [1.82, 2.24) is 0 Å². The molecule has 6 nitrogen and oxygen atoms in total. The maximum atomic E-state index is 13.0. The van der Waals surface area contributed by atoms with Crippen molar-refractivity contribution in [3.8, 4) is 11.5 Å². The molecule has 1 saturated heterocycles. The Bertz CT molecular complexity index is 1130. The summed E-state index contributed by atoms with van der Waals surface area (Å²) >= 11 is 20.7. The highest BCUT2D eigenvalue weighted by Gasteiger charge is 2.33. The molecule has 1 fully saturated rings. The fourth-order valence-electron chi connectivity index (χ4n) is 2.76. The van der Waals surface area contributed by atoms with Gasteiger partial charge in [0.15, 0.2) is 22.4 Å². The van der Waals surface area contributed by atoms with Gasteiger partial charge in [0.25, 0.3) is 5.91 Å². The van der Waals surface area contributed by atoms with Gasteiger partial charge in [0.1, 0.15) is 0 Å². The predicted molar refractivity (Wildman–Crippen MR) is 140 cm³/mol. The number of amides is 1. The van der Waals surface area contributed by atoms with Crippen LogP contribution in [0, 0.1) is 3.57 Å². The second-order valence-electron chi connectivity index (χ2n) is 6.24. The topological polar surface area (TPSA) is 65.1 Å². The number of ether oxygens (including phenoxy) is 3. The van der Waals surface area contributed by atoms with E-state index >= 15 is 0 Å². The molecule has 11 heteroatoms. The Labute approximate surface area is 218 Å². The van der Waals surface area contributed by atoms with Crippen LogP contribution in [0.2, 0.25) is 10.0 Å². The van der Waals surface area contributed by atoms with E-state index in [2.05, 4.69) is 22.6 Å². The average molecular weight is 624 g/mol. The van der Waals surface area contributed by atoms with Crippen molar-refractivity contribution in [1.29, 1.82) is 0 Å². The fraction of sp³-hybridized carbons (Fsp3) is 0.190. The fourth-order valence-corrected chi connectivity index (χ4v) is 5.14. The van der Waals surface area contributed by atoms with Gasteiger partial charge in [0.05, 0.1) is 37.9 Å². The molecule has 168 valence electrons. The summed E-state index contributed by atoms with van der Waals surface area (Å²) in [4.78, 5) is 26.5. The minimum Gasteiger partial charge on any atom is -0.493 e. The van der Waals surface area contributed by atoms with Crippen molar-refractivity contribution < 1.29 is 23.8 Å². The predicted octanol–water partition coefficient (Wildman–Crippen LogP) is 5.95. The normalized spacial score (nSPS) is 14.8. The molecule has 32 heavy (non-hydrogen) atoms. The molecule has 1 amide bonds. The van der Waals surface area contributed by atoms with E-state index in [0.717, 1.165) is 0 Å². The molecule has 0 bridgehead atoms. The quantitative estimate of drug-likeness (QED) is 0.163. The number of carbonyl (C=O) groups excluding carboxylic acids is 2. The van der Waals surface area contributed by atoms with Crippen LogP contribution in [0.25, 0.3) is 6.08 Å². The van der Waals surface area contributed by atoms with Gasteiger partial charge in [-0.2, -0.15) is 0 Å². The van der Waals surface area contributed by atoms with Crippen LogP contribution in [0.1, 0.15) is 12.5 Å². The highest BCUT2D eigenvalue weighted by molar-refractivity contribution is 14.1. The summed E-state index contributed by atoms with van der Waals surface area (Å²) in [7, 11) is 1.50. The number of nitrogens with zero attached hydrogens (tertiary/aromatic N) is 1. The Hall–Kier alpha value is -1.53. The van der Waals surface area contributed by atoms with Crippen LogP contribution in [0.15, 0.2) is 35.2 Å². The van der Waals surface area contributed by atoms with E-state index in [0.29, 0.717) is 45.6 Å². The van der Waals surface area contributed by atoms with Crippen LogP contribution < -0.4 is 14.4 Å². The van der Waals surface area contributed by atoms with E-state index in [4.69, 9.17) is 49.6 Å². The number of thiocarbonyl (C=S) groups is 1. The second kappa shape index (κ2) is 11.1. The Kier molecular flexibility index (Phi) is 8.68. The number of rotatable bonds is 7. The number of anilines is 1. The van der Waals surface area contributed by atoms with Crippen LogP contribution in [0.4, 0.5) is 5.69 Å². The van der Waals surface area contributed by atoms with Gasteiger partial charge in [-0.1, -0.05) is 47.2 Å². The SMILES string of the molecule is CCOC(=O)COc1c(I)cc(/C=C2\SC(=S)N(c3ccc(Cl)c(Cl)c3)C2=O)cc1OC. The first-order valence-corrected chi connectivity index (χ1v) is 12.2. The summed E-state index contributed by atoms with van der Waals surface area (Å²) in [5.41, 5.74) is 1.25. The number of thioether (sulfide) groups is 1. The Morgan fingerprint density at radius 2 is 2.00 bits per heavy atom. The third-order valence-electron chi connectivity index (χ3n) is 4.14. The smallest absolute Gasteiger partial charge is 0.344 e. The van der Waals surface area contributed by atoms with E-state index in [-0.39, 0.29) is 19.1 Å². The number of halogens is 3. The molecular weight excluding hydrogens is 608 g/mol. The number of carbonyl (C=O) groups is 2. The maximum absolute atomic E-state index is 13.0. The Morgan fingerprint density at radius 1 is 1.25 bits per heavy atom. The molecule has 3 rings (SSSR count).